The summed E-state index contributed by atoms with van der Waals surface area (Å²) in [5.41, 5.74) is 1.19. The molecule has 1 heterocycles. The van der Waals surface area contributed by atoms with Crippen LogP contribution in [-0.4, -0.2) is 49.1 Å². The van der Waals surface area contributed by atoms with E-state index in [0.717, 1.165) is 5.56 Å². The standard InChI is InChI=1S/C16H21FN2O3/c1-4-22-15(20)10-18-7-8-19(16(21)12(18)3)14-9-11(2)5-6-13(14)17/h5-6,9,12H,4,7-8,10H2,1-3H3. The van der Waals surface area contributed by atoms with Gasteiger partial charge in [-0.05, 0) is 38.5 Å². The molecule has 1 amide bonds. The molecule has 1 aromatic carbocycles. The van der Waals surface area contributed by atoms with Gasteiger partial charge < -0.3 is 9.64 Å². The fourth-order valence-corrected chi connectivity index (χ4v) is 2.57. The SMILES string of the molecule is CCOC(=O)CN1CCN(c2cc(C)ccc2F)C(=O)C1C. The van der Waals surface area contributed by atoms with E-state index >= 15 is 0 Å². The molecule has 2 rings (SSSR count). The van der Waals surface area contributed by atoms with E-state index in [4.69, 9.17) is 4.74 Å². The third-order valence-corrected chi connectivity index (χ3v) is 3.81. The molecule has 5 nitrogen and oxygen atoms in total. The largest absolute Gasteiger partial charge is 0.465 e. The van der Waals surface area contributed by atoms with Crippen molar-refractivity contribution in [2.45, 2.75) is 26.8 Å². The second-order valence-corrected chi connectivity index (χ2v) is 5.40. The highest BCUT2D eigenvalue weighted by molar-refractivity contribution is 5.98. The van der Waals surface area contributed by atoms with Crippen LogP contribution >= 0.6 is 0 Å². The van der Waals surface area contributed by atoms with E-state index in [0.29, 0.717) is 25.4 Å². The topological polar surface area (TPSA) is 49.9 Å². The molecule has 1 unspecified atom stereocenters. The van der Waals surface area contributed by atoms with Crippen molar-refractivity contribution in [3.8, 4) is 0 Å². The lowest BCUT2D eigenvalue weighted by Crippen LogP contribution is -2.57. The number of esters is 1. The highest BCUT2D eigenvalue weighted by Gasteiger charge is 2.34. The van der Waals surface area contributed by atoms with Gasteiger partial charge in [0.25, 0.3) is 0 Å². The smallest absolute Gasteiger partial charge is 0.320 e. The Morgan fingerprint density at radius 3 is 2.82 bits per heavy atom. The van der Waals surface area contributed by atoms with Crippen molar-refractivity contribution < 1.29 is 18.7 Å². The summed E-state index contributed by atoms with van der Waals surface area (Å²) in [5, 5.41) is 0. The first-order chi connectivity index (χ1) is 10.4. The van der Waals surface area contributed by atoms with Crippen molar-refractivity contribution >= 4 is 17.6 Å². The number of anilines is 1. The minimum absolute atomic E-state index is 0.0743. The van der Waals surface area contributed by atoms with E-state index in [1.807, 2.05) is 6.92 Å². The molecule has 1 aromatic rings. The van der Waals surface area contributed by atoms with Crippen LogP contribution < -0.4 is 4.90 Å². The normalized spacial score (nSPS) is 19.4. The number of halogens is 1. The number of carbonyl (C=O) groups excluding carboxylic acids is 2. The Balaban J connectivity index is 2.12. The van der Waals surface area contributed by atoms with Gasteiger partial charge in [-0.2, -0.15) is 0 Å². The van der Waals surface area contributed by atoms with Gasteiger partial charge in [0.15, 0.2) is 0 Å². The molecule has 0 saturated carbocycles. The second kappa shape index (κ2) is 6.87. The van der Waals surface area contributed by atoms with Crippen LogP contribution in [0.15, 0.2) is 18.2 Å². The Labute approximate surface area is 129 Å². The number of hydrogen-bond acceptors (Lipinski definition) is 4. The molecular weight excluding hydrogens is 287 g/mol. The Kier molecular flexibility index (Phi) is 5.13. The molecule has 1 fully saturated rings. The number of amides is 1. The molecule has 1 aliphatic heterocycles. The highest BCUT2D eigenvalue weighted by atomic mass is 19.1. The number of rotatable bonds is 4. The van der Waals surface area contributed by atoms with Crippen molar-refractivity contribution in [2.75, 3.05) is 31.1 Å². The zero-order valence-electron chi connectivity index (χ0n) is 13.1. The van der Waals surface area contributed by atoms with Crippen LogP contribution in [0.25, 0.3) is 0 Å². The van der Waals surface area contributed by atoms with Gasteiger partial charge in [-0.15, -0.1) is 0 Å². The molecular formula is C16H21FN2O3. The fourth-order valence-electron chi connectivity index (χ4n) is 2.57. The first kappa shape index (κ1) is 16.4. The number of nitrogens with zero attached hydrogens (tertiary/aromatic N) is 2. The minimum Gasteiger partial charge on any atom is -0.465 e. The summed E-state index contributed by atoms with van der Waals surface area (Å²) < 4.78 is 18.9. The first-order valence-electron chi connectivity index (χ1n) is 7.41. The number of carbonyl (C=O) groups is 2. The number of piperazine rings is 1. The number of benzene rings is 1. The summed E-state index contributed by atoms with van der Waals surface area (Å²) in [4.78, 5) is 27.3. The van der Waals surface area contributed by atoms with E-state index in [1.54, 1.807) is 30.9 Å². The van der Waals surface area contributed by atoms with Crippen molar-refractivity contribution in [3.05, 3.63) is 29.6 Å². The van der Waals surface area contributed by atoms with Gasteiger partial charge in [0.05, 0.1) is 24.9 Å². The van der Waals surface area contributed by atoms with Crippen LogP contribution in [-0.2, 0) is 14.3 Å². The van der Waals surface area contributed by atoms with Crippen LogP contribution in [0.4, 0.5) is 10.1 Å². The highest BCUT2D eigenvalue weighted by Crippen LogP contribution is 2.24. The summed E-state index contributed by atoms with van der Waals surface area (Å²) in [6, 6.07) is 4.22. The molecule has 1 aliphatic rings. The molecule has 0 bridgehead atoms. The predicted molar refractivity (Wildman–Crippen MR) is 81.2 cm³/mol. The second-order valence-electron chi connectivity index (χ2n) is 5.40. The maximum Gasteiger partial charge on any atom is 0.320 e. The molecule has 0 radical (unpaired) electrons. The Hall–Kier alpha value is -1.95. The monoisotopic (exact) mass is 308 g/mol. The molecule has 22 heavy (non-hydrogen) atoms. The lowest BCUT2D eigenvalue weighted by atomic mass is 10.1. The lowest BCUT2D eigenvalue weighted by Gasteiger charge is -2.38. The average Bonchev–Trinajstić information content (AvgIpc) is 2.47. The van der Waals surface area contributed by atoms with E-state index in [-0.39, 0.29) is 18.4 Å². The fraction of sp³-hybridized carbons (Fsp3) is 0.500. The Morgan fingerprint density at radius 2 is 2.14 bits per heavy atom. The van der Waals surface area contributed by atoms with E-state index in [9.17, 15) is 14.0 Å². The summed E-state index contributed by atoms with van der Waals surface area (Å²) in [6.45, 7) is 6.56. The van der Waals surface area contributed by atoms with Crippen LogP contribution in [0, 0.1) is 12.7 Å². The molecule has 6 heteroatoms. The van der Waals surface area contributed by atoms with Crippen molar-refractivity contribution in [1.29, 1.82) is 0 Å². The van der Waals surface area contributed by atoms with Crippen LogP contribution in [0.2, 0.25) is 0 Å². The van der Waals surface area contributed by atoms with Gasteiger partial charge in [-0.1, -0.05) is 6.07 Å². The van der Waals surface area contributed by atoms with Gasteiger partial charge in [0.1, 0.15) is 5.82 Å². The summed E-state index contributed by atoms with van der Waals surface area (Å²) in [6.07, 6.45) is 0. The zero-order chi connectivity index (χ0) is 16.3. The van der Waals surface area contributed by atoms with Crippen molar-refractivity contribution in [2.24, 2.45) is 0 Å². The molecule has 120 valence electrons. The molecule has 0 aromatic heterocycles. The van der Waals surface area contributed by atoms with Gasteiger partial charge in [0.2, 0.25) is 5.91 Å². The van der Waals surface area contributed by atoms with Crippen molar-refractivity contribution in [1.82, 2.24) is 4.90 Å². The molecule has 0 N–H and O–H groups in total. The third kappa shape index (κ3) is 3.44. The predicted octanol–water partition coefficient (Wildman–Crippen LogP) is 1.73. The van der Waals surface area contributed by atoms with E-state index in [2.05, 4.69) is 0 Å². The molecule has 1 saturated heterocycles. The summed E-state index contributed by atoms with van der Waals surface area (Å²) in [7, 11) is 0. The Bertz CT molecular complexity index is 577. The quantitative estimate of drug-likeness (QED) is 0.795. The number of ether oxygens (including phenoxy) is 1. The Morgan fingerprint density at radius 1 is 1.41 bits per heavy atom. The van der Waals surface area contributed by atoms with Gasteiger partial charge in [-0.25, -0.2) is 4.39 Å². The van der Waals surface area contributed by atoms with E-state index in [1.165, 1.54) is 11.0 Å². The average molecular weight is 308 g/mol. The maximum atomic E-state index is 14.0. The molecule has 0 aliphatic carbocycles. The van der Waals surface area contributed by atoms with Crippen LogP contribution in [0.1, 0.15) is 19.4 Å². The van der Waals surface area contributed by atoms with Crippen LogP contribution in [0.3, 0.4) is 0 Å². The van der Waals surface area contributed by atoms with Gasteiger partial charge in [0, 0.05) is 13.1 Å². The number of aryl methyl sites for hydroxylation is 1. The summed E-state index contributed by atoms with van der Waals surface area (Å²) in [5.74, 6) is -0.970. The molecule has 1 atom stereocenters. The summed E-state index contributed by atoms with van der Waals surface area (Å²) >= 11 is 0. The van der Waals surface area contributed by atoms with Crippen molar-refractivity contribution in [3.63, 3.8) is 0 Å². The minimum atomic E-state index is -0.488. The van der Waals surface area contributed by atoms with Crippen LogP contribution in [0.5, 0.6) is 0 Å². The third-order valence-electron chi connectivity index (χ3n) is 3.81. The molecule has 0 spiro atoms. The van der Waals surface area contributed by atoms with Gasteiger partial charge in [-0.3, -0.25) is 14.5 Å². The lowest BCUT2D eigenvalue weighted by molar-refractivity contribution is -0.145. The maximum absolute atomic E-state index is 14.0. The number of hydrogen-bond donors (Lipinski definition) is 0. The zero-order valence-corrected chi connectivity index (χ0v) is 13.1. The van der Waals surface area contributed by atoms with E-state index < -0.39 is 11.9 Å². The van der Waals surface area contributed by atoms with Gasteiger partial charge >= 0.3 is 5.97 Å². The first-order valence-corrected chi connectivity index (χ1v) is 7.41.